The van der Waals surface area contributed by atoms with E-state index in [1.807, 2.05) is 31.2 Å². The molecule has 1 N–H and O–H groups in total. The van der Waals surface area contributed by atoms with Crippen LogP contribution in [-0.4, -0.2) is 25.0 Å². The monoisotopic (exact) mass is 348 g/mol. The first kappa shape index (κ1) is 17.5. The summed E-state index contributed by atoms with van der Waals surface area (Å²) in [6, 6.07) is 13.1. The number of aryl methyl sites for hydroxylation is 1. The van der Waals surface area contributed by atoms with Crippen molar-refractivity contribution in [3.05, 3.63) is 72.3 Å². The second-order valence-corrected chi connectivity index (χ2v) is 6.00. The third kappa shape index (κ3) is 4.00. The average Bonchev–Trinajstić information content (AvgIpc) is 2.64. The Balaban J connectivity index is 1.74. The number of hydrogen-bond acceptors (Lipinski definition) is 3. The topological polar surface area (TPSA) is 58.6 Å². The molecule has 0 saturated heterocycles. The van der Waals surface area contributed by atoms with Crippen molar-refractivity contribution in [3.8, 4) is 5.75 Å². The van der Waals surface area contributed by atoms with Gasteiger partial charge in [-0.3, -0.25) is 9.59 Å². The van der Waals surface area contributed by atoms with E-state index >= 15 is 0 Å². The van der Waals surface area contributed by atoms with Crippen molar-refractivity contribution >= 4 is 29.3 Å². The first-order valence-electron chi connectivity index (χ1n) is 8.30. The highest BCUT2D eigenvalue weighted by molar-refractivity contribution is 6.03. The number of amides is 2. The van der Waals surface area contributed by atoms with Crippen LogP contribution in [0.15, 0.2) is 61.2 Å². The summed E-state index contributed by atoms with van der Waals surface area (Å²) in [6.45, 7) is 6.09. The molecule has 5 nitrogen and oxygen atoms in total. The molecule has 0 unspecified atom stereocenters. The minimum absolute atomic E-state index is 0.00579. The van der Waals surface area contributed by atoms with E-state index in [2.05, 4.69) is 11.9 Å². The number of fused-ring (bicyclic) bond motifs is 1. The number of carbonyl (C=O) groups excluding carboxylic acids is 2. The van der Waals surface area contributed by atoms with Crippen molar-refractivity contribution in [3.63, 3.8) is 0 Å². The van der Waals surface area contributed by atoms with Gasteiger partial charge in [-0.05, 0) is 36.8 Å². The Kier molecular flexibility index (Phi) is 5.17. The fraction of sp³-hybridized carbons (Fsp3) is 0.143. The van der Waals surface area contributed by atoms with Crippen LogP contribution in [0.2, 0.25) is 0 Å². The van der Waals surface area contributed by atoms with E-state index in [1.54, 1.807) is 35.3 Å². The van der Waals surface area contributed by atoms with Gasteiger partial charge in [0.05, 0.1) is 5.69 Å². The maximum Gasteiger partial charge on any atom is 0.265 e. The fourth-order valence-corrected chi connectivity index (χ4v) is 2.64. The zero-order valence-corrected chi connectivity index (χ0v) is 14.6. The molecule has 0 atom stereocenters. The van der Waals surface area contributed by atoms with Crippen LogP contribution < -0.4 is 15.0 Å². The maximum atomic E-state index is 12.2. The van der Waals surface area contributed by atoms with Crippen LogP contribution in [0.3, 0.4) is 0 Å². The summed E-state index contributed by atoms with van der Waals surface area (Å²) in [4.78, 5) is 25.8. The molecule has 1 aliphatic heterocycles. The number of rotatable bonds is 5. The van der Waals surface area contributed by atoms with Crippen molar-refractivity contribution in [1.82, 2.24) is 0 Å². The van der Waals surface area contributed by atoms with E-state index in [9.17, 15) is 9.59 Å². The molecule has 2 amide bonds. The summed E-state index contributed by atoms with van der Waals surface area (Å²) in [5, 5.41) is 2.81. The minimum atomic E-state index is -0.246. The van der Waals surface area contributed by atoms with Crippen molar-refractivity contribution in [1.29, 1.82) is 0 Å². The van der Waals surface area contributed by atoms with Gasteiger partial charge in [0.15, 0.2) is 6.61 Å². The zero-order chi connectivity index (χ0) is 18.5. The number of anilines is 2. The van der Waals surface area contributed by atoms with Crippen molar-refractivity contribution in [2.75, 3.05) is 23.4 Å². The highest BCUT2D eigenvalue weighted by Gasteiger charge is 2.24. The molecule has 0 aliphatic carbocycles. The van der Waals surface area contributed by atoms with Crippen LogP contribution in [0.4, 0.5) is 11.4 Å². The fourth-order valence-electron chi connectivity index (χ4n) is 2.64. The predicted molar refractivity (Wildman–Crippen MR) is 103 cm³/mol. The minimum Gasteiger partial charge on any atom is -0.482 e. The first-order chi connectivity index (χ1) is 12.6. The number of ether oxygens (including phenoxy) is 1. The largest absolute Gasteiger partial charge is 0.482 e. The number of benzene rings is 2. The van der Waals surface area contributed by atoms with Crippen LogP contribution in [0.1, 0.15) is 11.1 Å². The molecule has 3 rings (SSSR count). The van der Waals surface area contributed by atoms with Crippen LogP contribution in [-0.2, 0) is 9.59 Å². The van der Waals surface area contributed by atoms with Crippen LogP contribution in [0.5, 0.6) is 5.75 Å². The Morgan fingerprint density at radius 3 is 2.77 bits per heavy atom. The lowest BCUT2D eigenvalue weighted by Gasteiger charge is -2.28. The molecule has 1 heterocycles. The van der Waals surface area contributed by atoms with Crippen molar-refractivity contribution in [2.45, 2.75) is 6.92 Å². The van der Waals surface area contributed by atoms with Crippen molar-refractivity contribution in [2.24, 2.45) is 0 Å². The van der Waals surface area contributed by atoms with Gasteiger partial charge in [0.2, 0.25) is 5.91 Å². The molecule has 132 valence electrons. The molecule has 2 aromatic rings. The number of carbonyl (C=O) groups is 2. The molecule has 0 spiro atoms. The standard InChI is InChI=1S/C21H20N2O3/c1-3-12-23-18-13-17(9-10-19(18)26-14-21(23)25)22-20(24)11-8-16-6-4-15(2)5-7-16/h3-11,13H,1,12,14H2,2H3,(H,22,24)/b11-8+. The maximum absolute atomic E-state index is 12.2. The third-order valence-corrected chi connectivity index (χ3v) is 3.99. The molecule has 0 aromatic heterocycles. The molecule has 0 bridgehead atoms. The summed E-state index contributed by atoms with van der Waals surface area (Å²) in [6.07, 6.45) is 4.89. The lowest BCUT2D eigenvalue weighted by molar-refractivity contribution is -0.121. The smallest absolute Gasteiger partial charge is 0.265 e. The van der Waals surface area contributed by atoms with Gasteiger partial charge in [-0.2, -0.15) is 0 Å². The van der Waals surface area contributed by atoms with E-state index in [0.29, 0.717) is 23.7 Å². The molecule has 0 saturated carbocycles. The van der Waals surface area contributed by atoms with Gasteiger partial charge < -0.3 is 15.0 Å². The van der Waals surface area contributed by atoms with E-state index in [1.165, 1.54) is 11.6 Å². The van der Waals surface area contributed by atoms with Crippen molar-refractivity contribution < 1.29 is 14.3 Å². The lowest BCUT2D eigenvalue weighted by atomic mass is 10.1. The Labute approximate surface area is 152 Å². The number of nitrogens with zero attached hydrogens (tertiary/aromatic N) is 1. The number of nitrogens with one attached hydrogen (secondary N) is 1. The molecule has 0 radical (unpaired) electrons. The second-order valence-electron chi connectivity index (χ2n) is 6.00. The highest BCUT2D eigenvalue weighted by atomic mass is 16.5. The quantitative estimate of drug-likeness (QED) is 0.664. The SMILES string of the molecule is C=CCN1C(=O)COc2ccc(NC(=O)/C=C/c3ccc(C)cc3)cc21. The van der Waals surface area contributed by atoms with E-state index in [-0.39, 0.29) is 18.4 Å². The lowest BCUT2D eigenvalue weighted by Crippen LogP contribution is -2.38. The summed E-state index contributed by atoms with van der Waals surface area (Å²) < 4.78 is 5.44. The summed E-state index contributed by atoms with van der Waals surface area (Å²) in [5.41, 5.74) is 3.34. The summed E-state index contributed by atoms with van der Waals surface area (Å²) in [5.74, 6) is 0.226. The zero-order valence-electron chi connectivity index (χ0n) is 14.6. The Morgan fingerprint density at radius 1 is 1.27 bits per heavy atom. The Morgan fingerprint density at radius 2 is 2.04 bits per heavy atom. The van der Waals surface area contributed by atoms with Gasteiger partial charge in [0.25, 0.3) is 5.91 Å². The number of hydrogen-bond donors (Lipinski definition) is 1. The summed E-state index contributed by atoms with van der Waals surface area (Å²) >= 11 is 0. The molecule has 0 fully saturated rings. The van der Waals surface area contributed by atoms with Crippen LogP contribution in [0.25, 0.3) is 6.08 Å². The normalized spacial score (nSPS) is 13.3. The Bertz CT molecular complexity index is 869. The average molecular weight is 348 g/mol. The molecule has 2 aromatic carbocycles. The van der Waals surface area contributed by atoms with Gasteiger partial charge >= 0.3 is 0 Å². The molecular formula is C21H20N2O3. The molecule has 26 heavy (non-hydrogen) atoms. The van der Waals surface area contributed by atoms with E-state index in [4.69, 9.17) is 4.74 Å². The van der Waals surface area contributed by atoms with Gasteiger partial charge in [0.1, 0.15) is 5.75 Å². The van der Waals surface area contributed by atoms with Gasteiger partial charge in [-0.25, -0.2) is 0 Å². The van der Waals surface area contributed by atoms with Crippen LogP contribution >= 0.6 is 0 Å². The Hall–Kier alpha value is -3.34. The second kappa shape index (κ2) is 7.70. The van der Waals surface area contributed by atoms with E-state index < -0.39 is 0 Å². The molecule has 5 heteroatoms. The van der Waals surface area contributed by atoms with Crippen LogP contribution in [0, 0.1) is 6.92 Å². The van der Waals surface area contributed by atoms with Gasteiger partial charge in [-0.1, -0.05) is 35.9 Å². The highest BCUT2D eigenvalue weighted by Crippen LogP contribution is 2.34. The molecular weight excluding hydrogens is 328 g/mol. The first-order valence-corrected chi connectivity index (χ1v) is 8.30. The summed E-state index contributed by atoms with van der Waals surface area (Å²) in [7, 11) is 0. The predicted octanol–water partition coefficient (Wildman–Crippen LogP) is 3.56. The molecule has 1 aliphatic rings. The van der Waals surface area contributed by atoms with Gasteiger partial charge in [-0.15, -0.1) is 6.58 Å². The van der Waals surface area contributed by atoms with E-state index in [0.717, 1.165) is 5.56 Å². The van der Waals surface area contributed by atoms with Gasteiger partial charge in [0, 0.05) is 18.3 Å². The third-order valence-electron chi connectivity index (χ3n) is 3.99.